The Hall–Kier alpha value is -3.39. The first-order valence-electron chi connectivity index (χ1n) is 10.7. The number of carbonyl (C=O) groups excluding carboxylic acids is 2. The van der Waals surface area contributed by atoms with Crippen LogP contribution in [0.15, 0.2) is 48.5 Å². The zero-order chi connectivity index (χ0) is 22.7. The first-order valence-corrected chi connectivity index (χ1v) is 10.7. The third kappa shape index (κ3) is 4.60. The molecule has 1 saturated heterocycles. The molecule has 0 saturated carbocycles. The first-order chi connectivity index (χ1) is 15.4. The third-order valence-corrected chi connectivity index (χ3v) is 5.87. The Morgan fingerprint density at radius 2 is 1.72 bits per heavy atom. The first kappa shape index (κ1) is 21.8. The van der Waals surface area contributed by atoms with Gasteiger partial charge in [-0.3, -0.25) is 9.59 Å². The number of nitrogens with one attached hydrogen (secondary N) is 2. The molecule has 2 aromatic rings. The molecule has 4 rings (SSSR count). The van der Waals surface area contributed by atoms with Gasteiger partial charge in [-0.25, -0.2) is 4.79 Å². The van der Waals surface area contributed by atoms with E-state index in [0.717, 1.165) is 22.3 Å². The van der Waals surface area contributed by atoms with Crippen LogP contribution in [-0.2, 0) is 19.1 Å². The zero-order valence-electron chi connectivity index (χ0n) is 17.7. The van der Waals surface area contributed by atoms with E-state index >= 15 is 0 Å². The number of amides is 2. The lowest BCUT2D eigenvalue weighted by Gasteiger charge is -2.21. The van der Waals surface area contributed by atoms with Crippen molar-refractivity contribution >= 4 is 18.0 Å². The maximum absolute atomic E-state index is 12.5. The van der Waals surface area contributed by atoms with Crippen LogP contribution in [0.3, 0.4) is 0 Å². The average molecular weight is 438 g/mol. The van der Waals surface area contributed by atoms with Gasteiger partial charge in [0.05, 0.1) is 12.5 Å². The molecule has 3 atom stereocenters. The molecular weight excluding hydrogens is 412 g/mol. The number of rotatable bonds is 7. The van der Waals surface area contributed by atoms with Gasteiger partial charge in [-0.1, -0.05) is 48.5 Å². The van der Waals surface area contributed by atoms with Gasteiger partial charge in [-0.15, -0.1) is 0 Å². The van der Waals surface area contributed by atoms with E-state index < -0.39 is 36.2 Å². The van der Waals surface area contributed by atoms with E-state index in [1.807, 2.05) is 36.4 Å². The fourth-order valence-electron chi connectivity index (χ4n) is 4.43. The summed E-state index contributed by atoms with van der Waals surface area (Å²) in [5.41, 5.74) is 4.53. The standard InChI is InChI=1S/C24H26N2O6/c1-14(12-21(27)28)25-23(29)22-20(10-11-31-22)26-24(30)32-13-19-17-8-4-2-6-15(17)16-7-3-5-9-18(16)19/h2-9,14,19-20,22H,10-13H2,1H3,(H,25,29)(H,26,30)(H,27,28)/t14?,20-,22+/m0/s1. The smallest absolute Gasteiger partial charge is 0.407 e. The maximum atomic E-state index is 12.5. The van der Waals surface area contributed by atoms with Crippen LogP contribution in [0.25, 0.3) is 11.1 Å². The Bertz CT molecular complexity index is 978. The molecule has 1 heterocycles. The van der Waals surface area contributed by atoms with E-state index in [9.17, 15) is 14.4 Å². The average Bonchev–Trinajstić information content (AvgIpc) is 3.34. The number of alkyl carbamates (subject to hydrolysis) is 1. The van der Waals surface area contributed by atoms with E-state index in [-0.39, 0.29) is 18.9 Å². The Balaban J connectivity index is 1.35. The van der Waals surface area contributed by atoms with Crippen molar-refractivity contribution in [3.05, 3.63) is 59.7 Å². The van der Waals surface area contributed by atoms with E-state index in [4.69, 9.17) is 14.6 Å². The Morgan fingerprint density at radius 3 is 2.34 bits per heavy atom. The third-order valence-electron chi connectivity index (χ3n) is 5.87. The number of aliphatic carboxylic acids is 1. The summed E-state index contributed by atoms with van der Waals surface area (Å²) in [5, 5.41) is 14.2. The highest BCUT2D eigenvalue weighted by atomic mass is 16.6. The summed E-state index contributed by atoms with van der Waals surface area (Å²) in [6.45, 7) is 2.11. The molecule has 8 heteroatoms. The van der Waals surface area contributed by atoms with Crippen LogP contribution < -0.4 is 10.6 Å². The highest BCUT2D eigenvalue weighted by Crippen LogP contribution is 2.44. The molecule has 1 aliphatic carbocycles. The van der Waals surface area contributed by atoms with Crippen LogP contribution in [0.5, 0.6) is 0 Å². The molecule has 2 aromatic carbocycles. The molecule has 1 unspecified atom stereocenters. The number of hydrogen-bond acceptors (Lipinski definition) is 5. The predicted octanol–water partition coefficient (Wildman–Crippen LogP) is 2.66. The van der Waals surface area contributed by atoms with Crippen LogP contribution in [0.1, 0.15) is 36.8 Å². The summed E-state index contributed by atoms with van der Waals surface area (Å²) in [4.78, 5) is 35.8. The molecule has 0 aromatic heterocycles. The van der Waals surface area contributed by atoms with Crippen LogP contribution in [0.4, 0.5) is 4.79 Å². The van der Waals surface area contributed by atoms with Gasteiger partial charge in [0.1, 0.15) is 6.61 Å². The minimum Gasteiger partial charge on any atom is -0.481 e. The second-order valence-corrected chi connectivity index (χ2v) is 8.16. The molecule has 0 spiro atoms. The maximum Gasteiger partial charge on any atom is 0.407 e. The van der Waals surface area contributed by atoms with E-state index in [0.29, 0.717) is 13.0 Å². The van der Waals surface area contributed by atoms with Gasteiger partial charge < -0.3 is 25.2 Å². The highest BCUT2D eigenvalue weighted by Gasteiger charge is 2.36. The molecule has 8 nitrogen and oxygen atoms in total. The number of carboxylic acids is 1. The zero-order valence-corrected chi connectivity index (χ0v) is 17.7. The predicted molar refractivity (Wildman–Crippen MR) is 116 cm³/mol. The summed E-state index contributed by atoms with van der Waals surface area (Å²) in [5.74, 6) is -1.50. The SMILES string of the molecule is CC(CC(=O)O)NC(=O)[C@@H]1OCC[C@@H]1NC(=O)OCC1c2ccccc2-c2ccccc21. The number of hydrogen-bond donors (Lipinski definition) is 3. The summed E-state index contributed by atoms with van der Waals surface area (Å²) in [6.07, 6.45) is -1.22. The summed E-state index contributed by atoms with van der Waals surface area (Å²) in [7, 11) is 0. The van der Waals surface area contributed by atoms with Gasteiger partial charge in [0, 0.05) is 18.6 Å². The lowest BCUT2D eigenvalue weighted by atomic mass is 9.98. The fourth-order valence-corrected chi connectivity index (χ4v) is 4.43. The molecular formula is C24H26N2O6. The van der Waals surface area contributed by atoms with Crippen molar-refractivity contribution in [3.63, 3.8) is 0 Å². The molecule has 2 aliphatic rings. The lowest BCUT2D eigenvalue weighted by Crippen LogP contribution is -2.50. The monoisotopic (exact) mass is 438 g/mol. The van der Waals surface area contributed by atoms with Gasteiger partial charge >= 0.3 is 12.1 Å². The van der Waals surface area contributed by atoms with E-state index in [1.54, 1.807) is 6.92 Å². The van der Waals surface area contributed by atoms with E-state index in [1.165, 1.54) is 0 Å². The van der Waals surface area contributed by atoms with Crippen LogP contribution in [0.2, 0.25) is 0 Å². The summed E-state index contributed by atoms with van der Waals surface area (Å²) < 4.78 is 11.0. The molecule has 1 aliphatic heterocycles. The summed E-state index contributed by atoms with van der Waals surface area (Å²) in [6, 6.07) is 15.1. The molecule has 0 bridgehead atoms. The summed E-state index contributed by atoms with van der Waals surface area (Å²) >= 11 is 0. The topological polar surface area (TPSA) is 114 Å². The Kier molecular flexibility index (Phi) is 6.41. The van der Waals surface area contributed by atoms with Crippen molar-refractivity contribution < 1.29 is 29.0 Å². The minimum atomic E-state index is -1.00. The van der Waals surface area contributed by atoms with Gasteiger partial charge in [-0.2, -0.15) is 0 Å². The van der Waals surface area contributed by atoms with Crippen molar-refractivity contribution in [2.75, 3.05) is 13.2 Å². The van der Waals surface area contributed by atoms with Crippen LogP contribution >= 0.6 is 0 Å². The molecule has 2 amide bonds. The second kappa shape index (κ2) is 9.40. The normalized spacial score (nSPS) is 20.2. The molecule has 32 heavy (non-hydrogen) atoms. The van der Waals surface area contributed by atoms with Gasteiger partial charge in [-0.05, 0) is 35.6 Å². The number of benzene rings is 2. The second-order valence-electron chi connectivity index (χ2n) is 8.16. The van der Waals surface area contributed by atoms with Crippen molar-refractivity contribution in [2.45, 2.75) is 43.9 Å². The van der Waals surface area contributed by atoms with E-state index in [2.05, 4.69) is 22.8 Å². The molecule has 0 radical (unpaired) electrons. The van der Waals surface area contributed by atoms with Crippen molar-refractivity contribution in [2.24, 2.45) is 0 Å². The number of ether oxygens (including phenoxy) is 2. The number of fused-ring (bicyclic) bond motifs is 3. The van der Waals surface area contributed by atoms with Crippen LogP contribution in [0, 0.1) is 0 Å². The lowest BCUT2D eigenvalue weighted by molar-refractivity contribution is -0.138. The van der Waals surface area contributed by atoms with Gasteiger partial charge in [0.15, 0.2) is 6.10 Å². The van der Waals surface area contributed by atoms with Crippen molar-refractivity contribution in [1.82, 2.24) is 10.6 Å². The van der Waals surface area contributed by atoms with Crippen LogP contribution in [-0.4, -0.2) is 54.5 Å². The molecule has 3 N–H and O–H groups in total. The van der Waals surface area contributed by atoms with Gasteiger partial charge in [0.2, 0.25) is 0 Å². The molecule has 1 fully saturated rings. The van der Waals surface area contributed by atoms with Crippen molar-refractivity contribution in [3.8, 4) is 11.1 Å². The van der Waals surface area contributed by atoms with Gasteiger partial charge in [0.25, 0.3) is 5.91 Å². The number of carbonyl (C=O) groups is 3. The quantitative estimate of drug-likeness (QED) is 0.612. The highest BCUT2D eigenvalue weighted by molar-refractivity contribution is 5.84. The Morgan fingerprint density at radius 1 is 1.09 bits per heavy atom. The largest absolute Gasteiger partial charge is 0.481 e. The number of carboxylic acid groups (broad SMARTS) is 1. The molecule has 168 valence electrons. The fraction of sp³-hybridized carbons (Fsp3) is 0.375. The van der Waals surface area contributed by atoms with Crippen molar-refractivity contribution in [1.29, 1.82) is 0 Å². The Labute approximate surface area is 185 Å². The minimum absolute atomic E-state index is 0.0519.